The van der Waals surface area contributed by atoms with Gasteiger partial charge in [0.15, 0.2) is 0 Å². The molecular formula is C10H12FN5O. The lowest BCUT2D eigenvalue weighted by Gasteiger charge is -2.15. The molecule has 0 aliphatic rings. The van der Waals surface area contributed by atoms with E-state index in [-0.39, 0.29) is 5.84 Å². The molecule has 0 fully saturated rings. The number of azide groups is 1. The van der Waals surface area contributed by atoms with Crippen LogP contribution in [0.1, 0.15) is 17.2 Å². The van der Waals surface area contributed by atoms with Crippen LogP contribution in [-0.4, -0.2) is 23.7 Å². The molecular weight excluding hydrogens is 225 g/mol. The Kier molecular flexibility index (Phi) is 4.45. The molecule has 2 atom stereocenters. The zero-order valence-corrected chi connectivity index (χ0v) is 8.92. The van der Waals surface area contributed by atoms with Gasteiger partial charge in [-0.1, -0.05) is 29.4 Å². The smallest absolute Gasteiger partial charge is 0.122 e. The molecule has 0 spiro atoms. The first-order chi connectivity index (χ1) is 8.10. The number of aliphatic hydroxyl groups excluding tert-OH is 1. The van der Waals surface area contributed by atoms with E-state index in [1.807, 2.05) is 0 Å². The van der Waals surface area contributed by atoms with Crippen molar-refractivity contribution in [2.45, 2.75) is 12.1 Å². The van der Waals surface area contributed by atoms with Crippen LogP contribution in [0.5, 0.6) is 0 Å². The van der Waals surface area contributed by atoms with Crippen molar-refractivity contribution in [3.8, 4) is 0 Å². The molecule has 0 amide bonds. The summed E-state index contributed by atoms with van der Waals surface area (Å²) < 4.78 is 12.5. The Morgan fingerprint density at radius 1 is 1.53 bits per heavy atom. The Hall–Kier alpha value is -2.11. The van der Waals surface area contributed by atoms with Crippen LogP contribution in [0.25, 0.3) is 10.4 Å². The number of amidine groups is 1. The summed E-state index contributed by atoms with van der Waals surface area (Å²) in [6.45, 7) is -0.945. The summed E-state index contributed by atoms with van der Waals surface area (Å²) in [6, 6.07) is 4.94. The average Bonchev–Trinajstić information content (AvgIpc) is 2.35. The Labute approximate surface area is 97.0 Å². The number of nitrogen functional groups attached to an aromatic ring is 1. The number of hydrogen-bond acceptors (Lipinski definition) is 3. The molecule has 90 valence electrons. The number of halogens is 1. The standard InChI is InChI=1S/C10H12FN5O/c11-5-8(15-16-14)9(17)6-1-3-7(4-2-6)10(12)13/h1-4,8-9,17H,5H2,(H3,12,13)/t8-,9-/m1/s1. The number of benzene rings is 1. The molecule has 6 nitrogen and oxygen atoms in total. The third-order valence-corrected chi connectivity index (χ3v) is 2.29. The van der Waals surface area contributed by atoms with Crippen LogP contribution in [0.2, 0.25) is 0 Å². The first kappa shape index (κ1) is 13.0. The van der Waals surface area contributed by atoms with Crippen molar-refractivity contribution >= 4 is 5.84 Å². The molecule has 0 saturated carbocycles. The monoisotopic (exact) mass is 237 g/mol. The second-order valence-electron chi connectivity index (χ2n) is 3.41. The van der Waals surface area contributed by atoms with Crippen molar-refractivity contribution < 1.29 is 9.50 Å². The Balaban J connectivity index is 2.92. The molecule has 0 bridgehead atoms. The van der Waals surface area contributed by atoms with Crippen LogP contribution in [0.3, 0.4) is 0 Å². The van der Waals surface area contributed by atoms with Gasteiger partial charge < -0.3 is 10.8 Å². The van der Waals surface area contributed by atoms with Gasteiger partial charge in [0, 0.05) is 10.5 Å². The molecule has 0 saturated heterocycles. The van der Waals surface area contributed by atoms with E-state index in [4.69, 9.17) is 16.7 Å². The van der Waals surface area contributed by atoms with Crippen LogP contribution >= 0.6 is 0 Å². The third kappa shape index (κ3) is 3.17. The summed E-state index contributed by atoms with van der Waals surface area (Å²) in [6.07, 6.45) is -1.21. The third-order valence-electron chi connectivity index (χ3n) is 2.29. The minimum absolute atomic E-state index is 0.0943. The fourth-order valence-corrected chi connectivity index (χ4v) is 1.33. The van der Waals surface area contributed by atoms with Gasteiger partial charge in [-0.3, -0.25) is 9.80 Å². The van der Waals surface area contributed by atoms with Crippen molar-refractivity contribution in [2.75, 3.05) is 6.67 Å². The van der Waals surface area contributed by atoms with Crippen molar-refractivity contribution in [3.63, 3.8) is 0 Å². The van der Waals surface area contributed by atoms with Crippen LogP contribution in [0.4, 0.5) is 4.39 Å². The van der Waals surface area contributed by atoms with Crippen molar-refractivity contribution in [3.05, 3.63) is 45.8 Å². The molecule has 0 aromatic heterocycles. The average molecular weight is 237 g/mol. The lowest BCUT2D eigenvalue weighted by atomic mass is 10.0. The van der Waals surface area contributed by atoms with Gasteiger partial charge in [-0.2, -0.15) is 0 Å². The van der Waals surface area contributed by atoms with E-state index in [2.05, 4.69) is 10.0 Å². The topological polar surface area (TPSA) is 119 Å². The number of nitrogens with two attached hydrogens (primary N) is 1. The number of hydrogen-bond donors (Lipinski definition) is 3. The van der Waals surface area contributed by atoms with Gasteiger partial charge >= 0.3 is 0 Å². The summed E-state index contributed by atoms with van der Waals surface area (Å²) in [5.41, 5.74) is 14.4. The minimum atomic E-state index is -1.21. The molecule has 0 aliphatic carbocycles. The fraction of sp³-hybridized carbons (Fsp3) is 0.300. The summed E-state index contributed by atoms with van der Waals surface area (Å²) >= 11 is 0. The maximum atomic E-state index is 12.5. The van der Waals surface area contributed by atoms with Crippen LogP contribution in [0, 0.1) is 5.41 Å². The predicted octanol–water partition coefficient (Wildman–Crippen LogP) is 1.65. The van der Waals surface area contributed by atoms with E-state index in [0.717, 1.165) is 0 Å². The number of alkyl halides is 1. The van der Waals surface area contributed by atoms with E-state index in [0.29, 0.717) is 11.1 Å². The van der Waals surface area contributed by atoms with Crippen LogP contribution < -0.4 is 5.73 Å². The molecule has 1 aromatic rings. The quantitative estimate of drug-likeness (QED) is 0.237. The number of nitrogens with one attached hydrogen (secondary N) is 1. The van der Waals surface area contributed by atoms with Gasteiger partial charge in [-0.05, 0) is 11.1 Å². The summed E-state index contributed by atoms with van der Waals surface area (Å²) in [5, 5.41) is 20.1. The molecule has 0 unspecified atom stereocenters. The molecule has 4 N–H and O–H groups in total. The lowest BCUT2D eigenvalue weighted by molar-refractivity contribution is 0.132. The van der Waals surface area contributed by atoms with E-state index >= 15 is 0 Å². The highest BCUT2D eigenvalue weighted by molar-refractivity contribution is 5.94. The van der Waals surface area contributed by atoms with E-state index in [9.17, 15) is 9.50 Å². The Bertz CT molecular complexity index is 441. The van der Waals surface area contributed by atoms with E-state index < -0.39 is 18.8 Å². The molecule has 7 heteroatoms. The maximum absolute atomic E-state index is 12.5. The van der Waals surface area contributed by atoms with Gasteiger partial charge in [0.2, 0.25) is 0 Å². The predicted molar refractivity (Wildman–Crippen MR) is 61.3 cm³/mol. The highest BCUT2D eigenvalue weighted by Gasteiger charge is 2.19. The lowest BCUT2D eigenvalue weighted by Crippen LogP contribution is -2.18. The second-order valence-corrected chi connectivity index (χ2v) is 3.41. The molecule has 0 radical (unpaired) electrons. The fourth-order valence-electron chi connectivity index (χ4n) is 1.33. The Morgan fingerprint density at radius 2 is 2.12 bits per heavy atom. The second kappa shape index (κ2) is 5.83. The normalized spacial score (nSPS) is 13.5. The number of rotatable bonds is 5. The zero-order valence-electron chi connectivity index (χ0n) is 8.92. The number of aliphatic hydroxyl groups is 1. The first-order valence-corrected chi connectivity index (χ1v) is 4.82. The molecule has 1 rings (SSSR count). The SMILES string of the molecule is [N-]=[N+]=N[C@H](CF)[C@H](O)c1ccc(C(=N)N)cc1. The van der Waals surface area contributed by atoms with Crippen molar-refractivity contribution in [1.29, 1.82) is 5.41 Å². The highest BCUT2D eigenvalue weighted by Crippen LogP contribution is 2.20. The first-order valence-electron chi connectivity index (χ1n) is 4.82. The summed E-state index contributed by atoms with van der Waals surface area (Å²) in [4.78, 5) is 2.47. The number of nitrogens with zero attached hydrogens (tertiary/aromatic N) is 3. The van der Waals surface area contributed by atoms with Gasteiger partial charge in [0.05, 0.1) is 12.1 Å². The van der Waals surface area contributed by atoms with Crippen molar-refractivity contribution in [1.82, 2.24) is 0 Å². The van der Waals surface area contributed by atoms with E-state index in [1.54, 1.807) is 0 Å². The molecule has 0 heterocycles. The maximum Gasteiger partial charge on any atom is 0.122 e. The van der Waals surface area contributed by atoms with Gasteiger partial charge in [-0.15, -0.1) is 0 Å². The van der Waals surface area contributed by atoms with Crippen molar-refractivity contribution in [2.24, 2.45) is 10.8 Å². The molecule has 1 aromatic carbocycles. The highest BCUT2D eigenvalue weighted by atomic mass is 19.1. The van der Waals surface area contributed by atoms with E-state index in [1.165, 1.54) is 24.3 Å². The van der Waals surface area contributed by atoms with Crippen LogP contribution in [0.15, 0.2) is 29.4 Å². The van der Waals surface area contributed by atoms with Gasteiger partial charge in [0.25, 0.3) is 0 Å². The summed E-state index contributed by atoms with van der Waals surface area (Å²) in [5.74, 6) is -0.0943. The van der Waals surface area contributed by atoms with Crippen LogP contribution in [-0.2, 0) is 0 Å². The van der Waals surface area contributed by atoms with Gasteiger partial charge in [0.1, 0.15) is 12.5 Å². The minimum Gasteiger partial charge on any atom is -0.388 e. The molecule has 17 heavy (non-hydrogen) atoms. The zero-order chi connectivity index (χ0) is 12.8. The summed E-state index contributed by atoms with van der Waals surface area (Å²) in [7, 11) is 0. The van der Waals surface area contributed by atoms with Gasteiger partial charge in [-0.25, -0.2) is 0 Å². The largest absolute Gasteiger partial charge is 0.388 e. The molecule has 0 aliphatic heterocycles. The Morgan fingerprint density at radius 3 is 2.53 bits per heavy atom.